The van der Waals surface area contributed by atoms with Crippen molar-refractivity contribution in [2.45, 2.75) is 6.92 Å². The van der Waals surface area contributed by atoms with Gasteiger partial charge in [0, 0.05) is 21.7 Å². The van der Waals surface area contributed by atoms with Crippen LogP contribution in [-0.4, -0.2) is 15.0 Å². The van der Waals surface area contributed by atoms with E-state index >= 15 is 0 Å². The van der Waals surface area contributed by atoms with Crippen LogP contribution in [0.1, 0.15) is 17.2 Å². The van der Waals surface area contributed by atoms with Crippen molar-refractivity contribution in [2.75, 3.05) is 0 Å². The lowest BCUT2D eigenvalue weighted by Gasteiger charge is -2.03. The molecule has 0 unspecified atom stereocenters. The summed E-state index contributed by atoms with van der Waals surface area (Å²) in [6, 6.07) is 9.55. The first-order valence-corrected chi connectivity index (χ1v) is 7.52. The Bertz CT molecular complexity index is 846. The average Bonchev–Trinajstić information content (AvgIpc) is 2.45. The zero-order valence-corrected chi connectivity index (χ0v) is 13.6. The number of aromatic nitrogens is 3. The molecule has 3 aromatic rings. The zero-order chi connectivity index (χ0) is 14.8. The van der Waals surface area contributed by atoms with Crippen LogP contribution in [-0.2, 0) is 0 Å². The van der Waals surface area contributed by atoms with Gasteiger partial charge in [-0.1, -0.05) is 33.6 Å². The normalized spacial score (nSPS) is 11.4. The van der Waals surface area contributed by atoms with Crippen molar-refractivity contribution in [3.63, 3.8) is 0 Å². The van der Waals surface area contributed by atoms with Gasteiger partial charge in [-0.2, -0.15) is 0 Å². The molecule has 3 nitrogen and oxygen atoms in total. The van der Waals surface area contributed by atoms with Crippen LogP contribution < -0.4 is 0 Å². The fourth-order valence-electron chi connectivity index (χ4n) is 1.97. The van der Waals surface area contributed by atoms with Crippen molar-refractivity contribution >= 4 is 50.6 Å². The van der Waals surface area contributed by atoms with Gasteiger partial charge in [0.25, 0.3) is 0 Å². The molecule has 0 N–H and O–H groups in total. The predicted molar refractivity (Wildman–Crippen MR) is 90.2 cm³/mol. The molecule has 0 aliphatic heterocycles. The molecule has 0 bridgehead atoms. The van der Waals surface area contributed by atoms with E-state index in [1.54, 1.807) is 6.20 Å². The van der Waals surface area contributed by atoms with Crippen LogP contribution in [0.4, 0.5) is 0 Å². The number of benzene rings is 1. The fraction of sp³-hybridized carbons (Fsp3) is 0.0625. The standard InChI is InChI=1S/C16H11BrClN3/c1-10-6-7-19-16(20-10)5-3-12-9-14(18)13-4-2-11(17)8-15(13)21-12/h2-9H,1H3/b5-3+. The van der Waals surface area contributed by atoms with E-state index in [2.05, 4.69) is 30.9 Å². The van der Waals surface area contributed by atoms with Crippen molar-refractivity contribution in [1.29, 1.82) is 0 Å². The number of rotatable bonds is 2. The van der Waals surface area contributed by atoms with Crippen LogP contribution in [0.2, 0.25) is 5.02 Å². The molecule has 0 saturated carbocycles. The van der Waals surface area contributed by atoms with E-state index in [1.807, 2.05) is 49.4 Å². The lowest BCUT2D eigenvalue weighted by molar-refractivity contribution is 1.08. The number of halogens is 2. The minimum absolute atomic E-state index is 0.655. The van der Waals surface area contributed by atoms with Crippen LogP contribution in [0.15, 0.2) is 41.0 Å². The Morgan fingerprint density at radius 2 is 1.95 bits per heavy atom. The molecule has 5 heteroatoms. The van der Waals surface area contributed by atoms with Gasteiger partial charge < -0.3 is 0 Å². The van der Waals surface area contributed by atoms with Crippen LogP contribution >= 0.6 is 27.5 Å². The van der Waals surface area contributed by atoms with Gasteiger partial charge in [0.1, 0.15) is 0 Å². The molecule has 104 valence electrons. The summed E-state index contributed by atoms with van der Waals surface area (Å²) in [5, 5.41) is 1.61. The van der Waals surface area contributed by atoms with Gasteiger partial charge in [0.2, 0.25) is 0 Å². The molecule has 21 heavy (non-hydrogen) atoms. The summed E-state index contributed by atoms with van der Waals surface area (Å²) in [7, 11) is 0. The minimum Gasteiger partial charge on any atom is -0.248 e. The summed E-state index contributed by atoms with van der Waals surface area (Å²) in [4.78, 5) is 13.1. The Morgan fingerprint density at radius 3 is 2.76 bits per heavy atom. The molecular weight excluding hydrogens is 350 g/mol. The van der Waals surface area contributed by atoms with Crippen LogP contribution in [0.25, 0.3) is 23.1 Å². The summed E-state index contributed by atoms with van der Waals surface area (Å²) in [5.74, 6) is 0.655. The van der Waals surface area contributed by atoms with Gasteiger partial charge in [-0.15, -0.1) is 0 Å². The van der Waals surface area contributed by atoms with E-state index in [1.165, 1.54) is 0 Å². The van der Waals surface area contributed by atoms with E-state index in [0.717, 1.165) is 26.8 Å². The molecule has 1 aromatic carbocycles. The monoisotopic (exact) mass is 359 g/mol. The highest BCUT2D eigenvalue weighted by atomic mass is 79.9. The van der Waals surface area contributed by atoms with Crippen molar-refractivity contribution in [3.05, 3.63) is 63.2 Å². The fourth-order valence-corrected chi connectivity index (χ4v) is 2.59. The SMILES string of the molecule is Cc1ccnc(/C=C/c2cc(Cl)c3ccc(Br)cc3n2)n1. The summed E-state index contributed by atoms with van der Waals surface area (Å²) >= 11 is 9.75. The van der Waals surface area contributed by atoms with E-state index in [0.29, 0.717) is 10.8 Å². The summed E-state index contributed by atoms with van der Waals surface area (Å²) in [6.45, 7) is 1.93. The van der Waals surface area contributed by atoms with E-state index < -0.39 is 0 Å². The van der Waals surface area contributed by atoms with Gasteiger partial charge in [-0.3, -0.25) is 0 Å². The largest absolute Gasteiger partial charge is 0.248 e. The van der Waals surface area contributed by atoms with Crippen molar-refractivity contribution in [1.82, 2.24) is 15.0 Å². The lowest BCUT2D eigenvalue weighted by atomic mass is 10.2. The second-order valence-electron chi connectivity index (χ2n) is 4.58. The third-order valence-corrected chi connectivity index (χ3v) is 3.76. The average molecular weight is 361 g/mol. The van der Waals surface area contributed by atoms with Gasteiger partial charge in [0.05, 0.1) is 16.2 Å². The summed E-state index contributed by atoms with van der Waals surface area (Å²) in [5.41, 5.74) is 2.55. The van der Waals surface area contributed by atoms with E-state index in [4.69, 9.17) is 11.6 Å². The molecule has 0 fully saturated rings. The second-order valence-corrected chi connectivity index (χ2v) is 5.90. The van der Waals surface area contributed by atoms with Gasteiger partial charge in [-0.05, 0) is 43.3 Å². The quantitative estimate of drug-likeness (QED) is 0.651. The van der Waals surface area contributed by atoms with E-state index in [-0.39, 0.29) is 0 Å². The van der Waals surface area contributed by atoms with Crippen LogP contribution in [0.5, 0.6) is 0 Å². The molecule has 0 radical (unpaired) electrons. The zero-order valence-electron chi connectivity index (χ0n) is 11.2. The molecule has 0 amide bonds. The minimum atomic E-state index is 0.655. The highest BCUT2D eigenvalue weighted by Crippen LogP contribution is 2.26. The Kier molecular flexibility index (Phi) is 3.99. The third kappa shape index (κ3) is 3.28. The highest BCUT2D eigenvalue weighted by molar-refractivity contribution is 9.10. The molecule has 0 aliphatic rings. The number of fused-ring (bicyclic) bond motifs is 1. The maximum absolute atomic E-state index is 6.30. The Hall–Kier alpha value is -1.78. The summed E-state index contributed by atoms with van der Waals surface area (Å²) in [6.07, 6.45) is 5.43. The Labute approximate surface area is 135 Å². The second kappa shape index (κ2) is 5.92. The topological polar surface area (TPSA) is 38.7 Å². The van der Waals surface area contributed by atoms with Crippen molar-refractivity contribution in [2.24, 2.45) is 0 Å². The molecular formula is C16H11BrClN3. The van der Waals surface area contributed by atoms with Crippen LogP contribution in [0.3, 0.4) is 0 Å². The van der Waals surface area contributed by atoms with Crippen LogP contribution in [0, 0.1) is 6.92 Å². The lowest BCUT2D eigenvalue weighted by Crippen LogP contribution is -1.89. The highest BCUT2D eigenvalue weighted by Gasteiger charge is 2.03. The van der Waals surface area contributed by atoms with Gasteiger partial charge >= 0.3 is 0 Å². The molecule has 0 aliphatic carbocycles. The summed E-state index contributed by atoms with van der Waals surface area (Å²) < 4.78 is 0.974. The first kappa shape index (κ1) is 14.2. The third-order valence-electron chi connectivity index (χ3n) is 2.96. The molecule has 2 aromatic heterocycles. The molecule has 3 rings (SSSR count). The van der Waals surface area contributed by atoms with Gasteiger partial charge in [0.15, 0.2) is 5.82 Å². The van der Waals surface area contributed by atoms with E-state index in [9.17, 15) is 0 Å². The maximum Gasteiger partial charge on any atom is 0.152 e. The van der Waals surface area contributed by atoms with Crippen molar-refractivity contribution < 1.29 is 0 Å². The maximum atomic E-state index is 6.30. The molecule has 0 atom stereocenters. The van der Waals surface area contributed by atoms with Gasteiger partial charge in [-0.25, -0.2) is 15.0 Å². The number of pyridine rings is 1. The van der Waals surface area contributed by atoms with Crippen molar-refractivity contribution in [3.8, 4) is 0 Å². The molecule has 0 saturated heterocycles. The number of aryl methyl sites for hydroxylation is 1. The molecule has 0 spiro atoms. The number of hydrogen-bond donors (Lipinski definition) is 0. The number of hydrogen-bond acceptors (Lipinski definition) is 3. The molecule has 2 heterocycles. The number of nitrogens with zero attached hydrogens (tertiary/aromatic N) is 3. The Balaban J connectivity index is 2.01. The Morgan fingerprint density at radius 1 is 1.10 bits per heavy atom. The smallest absolute Gasteiger partial charge is 0.152 e. The first-order valence-electron chi connectivity index (χ1n) is 6.35. The predicted octanol–water partition coefficient (Wildman–Crippen LogP) is 4.92. The first-order chi connectivity index (χ1) is 10.1.